The van der Waals surface area contributed by atoms with E-state index < -0.39 is 0 Å². The first kappa shape index (κ1) is 8.44. The van der Waals surface area contributed by atoms with Crippen molar-refractivity contribution in [2.24, 2.45) is 0 Å². The number of hydrogen-bond donors (Lipinski definition) is 1. The molecule has 0 atom stereocenters. The summed E-state index contributed by atoms with van der Waals surface area (Å²) >= 11 is 0. The molecule has 1 aromatic rings. The minimum absolute atomic E-state index is 0.730. The first-order valence-electron chi connectivity index (χ1n) is 4.49. The third kappa shape index (κ3) is 1.62. The summed E-state index contributed by atoms with van der Waals surface area (Å²) < 4.78 is 5.19. The van der Waals surface area contributed by atoms with Gasteiger partial charge < -0.3 is 10.1 Å². The Kier molecular flexibility index (Phi) is 2.40. The average molecular weight is 179 g/mol. The summed E-state index contributed by atoms with van der Waals surface area (Å²) in [5.41, 5.74) is 2.28. The van der Waals surface area contributed by atoms with Gasteiger partial charge in [0.1, 0.15) is 6.33 Å². The van der Waals surface area contributed by atoms with Crippen LogP contribution in [-0.4, -0.2) is 30.2 Å². The molecular weight excluding hydrogens is 166 g/mol. The van der Waals surface area contributed by atoms with Crippen LogP contribution in [0, 0.1) is 0 Å². The molecule has 2 heterocycles. The van der Waals surface area contributed by atoms with Crippen LogP contribution in [0.25, 0.3) is 0 Å². The third-order valence-electron chi connectivity index (χ3n) is 2.28. The van der Waals surface area contributed by atoms with Gasteiger partial charge in [-0.1, -0.05) is 0 Å². The maximum Gasteiger partial charge on any atom is 0.219 e. The molecule has 1 N–H and O–H groups in total. The quantitative estimate of drug-likeness (QED) is 0.667. The second kappa shape index (κ2) is 3.70. The lowest BCUT2D eigenvalue weighted by Gasteiger charge is -2.07. The summed E-state index contributed by atoms with van der Waals surface area (Å²) in [4.78, 5) is 8.35. The van der Waals surface area contributed by atoms with Crippen LogP contribution in [0.2, 0.25) is 0 Å². The highest BCUT2D eigenvalue weighted by Gasteiger charge is 2.13. The Hall–Kier alpha value is -1.16. The van der Waals surface area contributed by atoms with E-state index in [0.717, 1.165) is 43.1 Å². The van der Waals surface area contributed by atoms with Gasteiger partial charge in [0, 0.05) is 18.5 Å². The highest BCUT2D eigenvalue weighted by atomic mass is 16.5. The largest absolute Gasteiger partial charge is 0.481 e. The Balaban J connectivity index is 2.40. The van der Waals surface area contributed by atoms with Crippen LogP contribution in [0.3, 0.4) is 0 Å². The first-order valence-corrected chi connectivity index (χ1v) is 4.49. The number of rotatable bonds is 1. The molecule has 0 amide bonds. The minimum atomic E-state index is 0.730. The van der Waals surface area contributed by atoms with Gasteiger partial charge in [0.2, 0.25) is 5.88 Å². The van der Waals surface area contributed by atoms with Crippen LogP contribution >= 0.6 is 0 Å². The van der Waals surface area contributed by atoms with Crippen molar-refractivity contribution in [1.29, 1.82) is 0 Å². The number of nitrogens with zero attached hydrogens (tertiary/aromatic N) is 2. The van der Waals surface area contributed by atoms with Gasteiger partial charge >= 0.3 is 0 Å². The molecule has 4 heteroatoms. The van der Waals surface area contributed by atoms with E-state index in [1.807, 2.05) is 0 Å². The van der Waals surface area contributed by atoms with Crippen molar-refractivity contribution in [1.82, 2.24) is 15.3 Å². The highest BCUT2D eigenvalue weighted by Crippen LogP contribution is 2.19. The fourth-order valence-corrected chi connectivity index (χ4v) is 1.62. The summed E-state index contributed by atoms with van der Waals surface area (Å²) in [6.07, 6.45) is 3.50. The molecule has 0 unspecified atom stereocenters. The van der Waals surface area contributed by atoms with Gasteiger partial charge in [-0.25, -0.2) is 9.97 Å². The molecule has 0 fully saturated rings. The molecule has 13 heavy (non-hydrogen) atoms. The van der Waals surface area contributed by atoms with E-state index in [1.54, 1.807) is 13.4 Å². The molecular formula is C9H13N3O. The molecule has 1 aliphatic heterocycles. The molecule has 1 aliphatic rings. The van der Waals surface area contributed by atoms with Crippen molar-refractivity contribution < 1.29 is 4.74 Å². The van der Waals surface area contributed by atoms with Crippen molar-refractivity contribution in [2.45, 2.75) is 12.8 Å². The molecule has 4 nitrogen and oxygen atoms in total. The zero-order valence-electron chi connectivity index (χ0n) is 7.71. The predicted molar refractivity (Wildman–Crippen MR) is 48.9 cm³/mol. The molecule has 0 aliphatic carbocycles. The van der Waals surface area contributed by atoms with Crippen LogP contribution in [0.4, 0.5) is 0 Å². The van der Waals surface area contributed by atoms with E-state index in [-0.39, 0.29) is 0 Å². The fraction of sp³-hybridized carbons (Fsp3) is 0.556. The summed E-state index contributed by atoms with van der Waals surface area (Å²) in [5.74, 6) is 0.730. The first-order chi connectivity index (χ1) is 6.42. The maximum atomic E-state index is 5.19. The predicted octanol–water partition coefficient (Wildman–Crippen LogP) is 0.173. The van der Waals surface area contributed by atoms with Crippen molar-refractivity contribution in [2.75, 3.05) is 20.2 Å². The van der Waals surface area contributed by atoms with E-state index in [1.165, 1.54) is 0 Å². The molecule has 0 spiro atoms. The Morgan fingerprint density at radius 1 is 1.31 bits per heavy atom. The van der Waals surface area contributed by atoms with Crippen LogP contribution in [-0.2, 0) is 12.8 Å². The summed E-state index contributed by atoms with van der Waals surface area (Å²) in [5, 5.41) is 3.32. The van der Waals surface area contributed by atoms with Crippen molar-refractivity contribution >= 4 is 0 Å². The molecule has 0 radical (unpaired) electrons. The smallest absolute Gasteiger partial charge is 0.219 e. The third-order valence-corrected chi connectivity index (χ3v) is 2.28. The van der Waals surface area contributed by atoms with Crippen LogP contribution in [0.15, 0.2) is 6.33 Å². The summed E-state index contributed by atoms with van der Waals surface area (Å²) in [7, 11) is 1.65. The molecule has 0 aromatic carbocycles. The Morgan fingerprint density at radius 2 is 2.15 bits per heavy atom. The van der Waals surface area contributed by atoms with E-state index in [9.17, 15) is 0 Å². The number of ether oxygens (including phenoxy) is 1. The highest BCUT2D eigenvalue weighted by molar-refractivity contribution is 5.31. The van der Waals surface area contributed by atoms with Gasteiger partial charge in [0.05, 0.1) is 12.8 Å². The Labute approximate surface area is 77.4 Å². The average Bonchev–Trinajstić information content (AvgIpc) is 2.41. The molecule has 2 rings (SSSR count). The number of methoxy groups -OCH3 is 1. The summed E-state index contributed by atoms with van der Waals surface area (Å²) in [6, 6.07) is 0. The van der Waals surface area contributed by atoms with E-state index in [4.69, 9.17) is 4.74 Å². The topological polar surface area (TPSA) is 47.0 Å². The standard InChI is InChI=1S/C9H13N3O/c1-13-9-7-2-4-10-5-3-8(7)11-6-12-9/h6,10H,2-5H2,1H3. The van der Waals surface area contributed by atoms with Crippen molar-refractivity contribution in [3.8, 4) is 5.88 Å². The minimum Gasteiger partial charge on any atom is -0.481 e. The molecule has 0 bridgehead atoms. The van der Waals surface area contributed by atoms with Gasteiger partial charge in [0.15, 0.2) is 0 Å². The van der Waals surface area contributed by atoms with Crippen LogP contribution < -0.4 is 10.1 Å². The van der Waals surface area contributed by atoms with Gasteiger partial charge in [0.25, 0.3) is 0 Å². The number of aromatic nitrogens is 2. The van der Waals surface area contributed by atoms with Gasteiger partial charge in [-0.3, -0.25) is 0 Å². The van der Waals surface area contributed by atoms with Gasteiger partial charge in [-0.05, 0) is 13.0 Å². The number of fused-ring (bicyclic) bond motifs is 1. The van der Waals surface area contributed by atoms with Gasteiger partial charge in [-0.2, -0.15) is 0 Å². The zero-order valence-corrected chi connectivity index (χ0v) is 7.71. The van der Waals surface area contributed by atoms with Crippen molar-refractivity contribution in [3.63, 3.8) is 0 Å². The fourth-order valence-electron chi connectivity index (χ4n) is 1.62. The van der Waals surface area contributed by atoms with Crippen molar-refractivity contribution in [3.05, 3.63) is 17.6 Å². The molecule has 1 aromatic heterocycles. The zero-order chi connectivity index (χ0) is 9.10. The van der Waals surface area contributed by atoms with Crippen LogP contribution in [0.1, 0.15) is 11.3 Å². The molecule has 0 saturated heterocycles. The SMILES string of the molecule is COc1ncnc2c1CCNCC2. The Bertz CT molecular complexity index is 301. The Morgan fingerprint density at radius 3 is 3.00 bits per heavy atom. The number of nitrogens with one attached hydrogen (secondary N) is 1. The normalized spacial score (nSPS) is 16.1. The maximum absolute atomic E-state index is 5.19. The second-order valence-corrected chi connectivity index (χ2v) is 3.06. The van der Waals surface area contributed by atoms with Crippen LogP contribution in [0.5, 0.6) is 5.88 Å². The molecule has 70 valence electrons. The summed E-state index contributed by atoms with van der Waals surface area (Å²) in [6.45, 7) is 1.98. The van der Waals surface area contributed by atoms with E-state index in [0.29, 0.717) is 0 Å². The lowest BCUT2D eigenvalue weighted by Crippen LogP contribution is -2.16. The lowest BCUT2D eigenvalue weighted by molar-refractivity contribution is 0.390. The molecule has 0 saturated carbocycles. The lowest BCUT2D eigenvalue weighted by atomic mass is 10.1. The van der Waals surface area contributed by atoms with Gasteiger partial charge in [-0.15, -0.1) is 0 Å². The second-order valence-electron chi connectivity index (χ2n) is 3.06. The monoisotopic (exact) mass is 179 g/mol. The van der Waals surface area contributed by atoms with E-state index in [2.05, 4.69) is 15.3 Å². The number of hydrogen-bond acceptors (Lipinski definition) is 4. The van der Waals surface area contributed by atoms with E-state index >= 15 is 0 Å².